The van der Waals surface area contributed by atoms with E-state index in [9.17, 15) is 4.79 Å². The Morgan fingerprint density at radius 2 is 1.86 bits per heavy atom. The van der Waals surface area contributed by atoms with E-state index >= 15 is 0 Å². The third-order valence-corrected chi connectivity index (χ3v) is 6.87. The summed E-state index contributed by atoms with van der Waals surface area (Å²) in [5, 5.41) is 4.55. The minimum atomic E-state index is -0.165. The number of thioether (sulfide) groups is 1. The molecule has 0 atom stereocenters. The van der Waals surface area contributed by atoms with Gasteiger partial charge in [-0.3, -0.25) is 4.79 Å². The number of nitrogens with zero attached hydrogens (tertiary/aromatic N) is 1. The van der Waals surface area contributed by atoms with E-state index in [1.165, 1.54) is 17.3 Å². The molecule has 1 saturated heterocycles. The zero-order chi connectivity index (χ0) is 24.8. The van der Waals surface area contributed by atoms with Gasteiger partial charge < -0.3 is 10.1 Å². The molecule has 178 valence electrons. The first-order chi connectivity index (χ1) is 16.9. The van der Waals surface area contributed by atoms with Crippen molar-refractivity contribution in [3.63, 3.8) is 0 Å². The minimum Gasteiger partial charge on any atom is -0.489 e. The molecule has 4 nitrogen and oxygen atoms in total. The van der Waals surface area contributed by atoms with Crippen molar-refractivity contribution >= 4 is 57.8 Å². The molecule has 0 spiro atoms. The molecule has 0 unspecified atom stereocenters. The van der Waals surface area contributed by atoms with Crippen LogP contribution in [0.3, 0.4) is 0 Å². The van der Waals surface area contributed by atoms with Crippen molar-refractivity contribution in [3.05, 3.63) is 111 Å². The molecule has 1 amide bonds. The highest BCUT2D eigenvalue weighted by Crippen LogP contribution is 2.30. The van der Waals surface area contributed by atoms with Gasteiger partial charge in [0.25, 0.3) is 5.91 Å². The number of hydrogen-bond acceptors (Lipinski definition) is 4. The van der Waals surface area contributed by atoms with E-state index < -0.39 is 0 Å². The Morgan fingerprint density at radius 3 is 2.57 bits per heavy atom. The van der Waals surface area contributed by atoms with E-state index in [-0.39, 0.29) is 5.91 Å². The summed E-state index contributed by atoms with van der Waals surface area (Å²) in [6.45, 7) is 6.28. The van der Waals surface area contributed by atoms with Gasteiger partial charge >= 0.3 is 0 Å². The quantitative estimate of drug-likeness (QED) is 0.243. The summed E-state index contributed by atoms with van der Waals surface area (Å²) in [6, 6.07) is 19.2. The van der Waals surface area contributed by atoms with Crippen LogP contribution in [0.2, 0.25) is 10.0 Å². The summed E-state index contributed by atoms with van der Waals surface area (Å²) in [5.74, 6) is 0.571. The fraction of sp³-hybridized carbons (Fsp3) is 0.143. The second-order valence-corrected chi connectivity index (χ2v) is 9.76. The number of nitrogens with one attached hydrogen (secondary N) is 1. The van der Waals surface area contributed by atoms with Crippen LogP contribution in [-0.2, 0) is 24.2 Å². The first kappa shape index (κ1) is 25.1. The van der Waals surface area contributed by atoms with Crippen LogP contribution in [0.15, 0.2) is 83.2 Å². The molecule has 1 fully saturated rings. The highest BCUT2D eigenvalue weighted by molar-refractivity contribution is 8.18. The maximum Gasteiger partial charge on any atom is 0.264 e. The zero-order valence-electron chi connectivity index (χ0n) is 19.2. The molecule has 7 heteroatoms. The van der Waals surface area contributed by atoms with Gasteiger partial charge in [-0.15, -0.1) is 6.58 Å². The fourth-order valence-corrected chi connectivity index (χ4v) is 4.80. The van der Waals surface area contributed by atoms with Crippen molar-refractivity contribution < 1.29 is 9.53 Å². The van der Waals surface area contributed by atoms with Crippen molar-refractivity contribution in [2.24, 2.45) is 4.99 Å². The number of benzene rings is 3. The number of amidine groups is 1. The molecule has 3 aromatic rings. The minimum absolute atomic E-state index is 0.165. The summed E-state index contributed by atoms with van der Waals surface area (Å²) in [5.41, 5.74) is 4.76. The first-order valence-corrected chi connectivity index (χ1v) is 12.7. The van der Waals surface area contributed by atoms with Gasteiger partial charge in [0.2, 0.25) is 0 Å². The lowest BCUT2D eigenvalue weighted by Crippen LogP contribution is -2.19. The van der Waals surface area contributed by atoms with Gasteiger partial charge in [0.05, 0.1) is 10.6 Å². The molecule has 0 bridgehead atoms. The molecule has 1 heterocycles. The first-order valence-electron chi connectivity index (χ1n) is 11.1. The van der Waals surface area contributed by atoms with Gasteiger partial charge in [-0.2, -0.15) is 0 Å². The fourth-order valence-electron chi connectivity index (χ4n) is 3.49. The smallest absolute Gasteiger partial charge is 0.264 e. The standard InChI is InChI=1S/C28H24Cl2N2O2S/c1-3-5-20-14-19(8-13-25(20)34-17-21-9-10-22(29)16-24(21)30)15-26-27(33)32-28(35-26)31-23-11-6-18(4-2)7-12-23/h3,6-16H,1,4-5,17H2,2H3,(H,31,32,33)/b26-15-. The second-order valence-electron chi connectivity index (χ2n) is 7.89. The molecular weight excluding hydrogens is 499 g/mol. The molecule has 0 aromatic heterocycles. The van der Waals surface area contributed by atoms with Crippen molar-refractivity contribution in [3.8, 4) is 5.75 Å². The van der Waals surface area contributed by atoms with Gasteiger partial charge in [0.15, 0.2) is 5.17 Å². The van der Waals surface area contributed by atoms with Crippen LogP contribution in [-0.4, -0.2) is 11.1 Å². The van der Waals surface area contributed by atoms with E-state index in [1.54, 1.807) is 12.1 Å². The summed E-state index contributed by atoms with van der Waals surface area (Å²) in [4.78, 5) is 17.7. The van der Waals surface area contributed by atoms with Gasteiger partial charge in [0.1, 0.15) is 12.4 Å². The predicted molar refractivity (Wildman–Crippen MR) is 148 cm³/mol. The molecule has 0 aliphatic carbocycles. The highest BCUT2D eigenvalue weighted by atomic mass is 35.5. The zero-order valence-corrected chi connectivity index (χ0v) is 21.5. The van der Waals surface area contributed by atoms with Crippen LogP contribution < -0.4 is 10.1 Å². The molecule has 1 aliphatic heterocycles. The largest absolute Gasteiger partial charge is 0.489 e. The van der Waals surface area contributed by atoms with Gasteiger partial charge in [-0.25, -0.2) is 4.99 Å². The average Bonchev–Trinajstić information content (AvgIpc) is 3.18. The number of rotatable bonds is 8. The molecule has 3 aromatic carbocycles. The van der Waals surface area contributed by atoms with Crippen LogP contribution >= 0.6 is 35.0 Å². The Labute approximate surface area is 219 Å². The van der Waals surface area contributed by atoms with E-state index in [2.05, 4.69) is 23.8 Å². The maximum absolute atomic E-state index is 12.5. The number of ether oxygens (including phenoxy) is 1. The van der Waals surface area contributed by atoms with Crippen molar-refractivity contribution in [2.45, 2.75) is 26.4 Å². The third kappa shape index (κ3) is 6.57. The number of allylic oxidation sites excluding steroid dienone is 1. The Balaban J connectivity index is 1.50. The van der Waals surface area contributed by atoms with E-state index in [1.807, 2.05) is 60.7 Å². The number of carbonyl (C=O) groups excluding carboxylic acids is 1. The van der Waals surface area contributed by atoms with E-state index in [0.717, 1.165) is 34.5 Å². The Hall–Kier alpha value is -2.99. The van der Waals surface area contributed by atoms with Crippen molar-refractivity contribution in [1.82, 2.24) is 5.32 Å². The Morgan fingerprint density at radius 1 is 1.06 bits per heavy atom. The molecule has 0 saturated carbocycles. The second kappa shape index (κ2) is 11.6. The van der Waals surface area contributed by atoms with Crippen LogP contribution in [0.4, 0.5) is 5.69 Å². The molecule has 0 radical (unpaired) electrons. The lowest BCUT2D eigenvalue weighted by molar-refractivity contribution is -0.115. The highest BCUT2D eigenvalue weighted by Gasteiger charge is 2.24. The number of aliphatic imine (C=N–C) groups is 1. The molecule has 1 N–H and O–H groups in total. The van der Waals surface area contributed by atoms with Gasteiger partial charge in [0, 0.05) is 15.6 Å². The number of halogens is 2. The monoisotopic (exact) mass is 522 g/mol. The molecule has 1 aliphatic rings. The summed E-state index contributed by atoms with van der Waals surface area (Å²) >= 11 is 13.6. The third-order valence-electron chi connectivity index (χ3n) is 5.37. The lowest BCUT2D eigenvalue weighted by Gasteiger charge is -2.13. The SMILES string of the molecule is C=CCc1cc(/C=C2\SC(=Nc3ccc(CC)cc3)NC2=O)ccc1OCc1ccc(Cl)cc1Cl. The van der Waals surface area contributed by atoms with Crippen LogP contribution in [0.5, 0.6) is 5.75 Å². The number of aryl methyl sites for hydroxylation is 1. The van der Waals surface area contributed by atoms with E-state index in [4.69, 9.17) is 27.9 Å². The number of carbonyl (C=O) groups is 1. The topological polar surface area (TPSA) is 50.7 Å². The van der Waals surface area contributed by atoms with Crippen molar-refractivity contribution in [2.75, 3.05) is 0 Å². The van der Waals surface area contributed by atoms with Gasteiger partial charge in [-0.05, 0) is 83.8 Å². The molecule has 35 heavy (non-hydrogen) atoms. The summed E-state index contributed by atoms with van der Waals surface area (Å²) in [7, 11) is 0. The maximum atomic E-state index is 12.5. The Bertz CT molecular complexity index is 1320. The van der Waals surface area contributed by atoms with Crippen molar-refractivity contribution in [1.29, 1.82) is 0 Å². The summed E-state index contributed by atoms with van der Waals surface area (Å²) < 4.78 is 6.04. The van der Waals surface area contributed by atoms with Crippen LogP contribution in [0, 0.1) is 0 Å². The van der Waals surface area contributed by atoms with Crippen LogP contribution in [0.1, 0.15) is 29.2 Å². The van der Waals surface area contributed by atoms with Gasteiger partial charge in [-0.1, -0.05) is 60.5 Å². The molecular formula is C28H24Cl2N2O2S. The lowest BCUT2D eigenvalue weighted by atomic mass is 10.1. The number of amides is 1. The number of hydrogen-bond donors (Lipinski definition) is 1. The normalized spacial score (nSPS) is 15.5. The summed E-state index contributed by atoms with van der Waals surface area (Å²) in [6.07, 6.45) is 5.28. The average molecular weight is 523 g/mol. The van der Waals surface area contributed by atoms with Crippen LogP contribution in [0.25, 0.3) is 6.08 Å². The molecule has 4 rings (SSSR count). The Kier molecular flexibility index (Phi) is 8.34. The predicted octanol–water partition coefficient (Wildman–Crippen LogP) is 7.75. The van der Waals surface area contributed by atoms with E-state index in [0.29, 0.717) is 33.1 Å².